The molecule has 1 heterocycles. The number of carbonyl (C=O) groups excluding carboxylic acids is 4. The molecule has 0 aromatic heterocycles. The van der Waals surface area contributed by atoms with Crippen molar-refractivity contribution in [3.05, 3.63) is 59.2 Å². The first kappa shape index (κ1) is 22.0. The van der Waals surface area contributed by atoms with Crippen molar-refractivity contribution in [3.63, 3.8) is 0 Å². The Morgan fingerprint density at radius 1 is 1.13 bits per heavy atom. The Kier molecular flexibility index (Phi) is 6.69. The third kappa shape index (κ3) is 5.09. The quantitative estimate of drug-likeness (QED) is 0.693. The number of esters is 1. The smallest absolute Gasteiger partial charge is 0.311 e. The highest BCUT2D eigenvalue weighted by Gasteiger charge is 2.37. The summed E-state index contributed by atoms with van der Waals surface area (Å²) < 4.78 is 5.14. The molecule has 2 aromatic carbocycles. The fourth-order valence-electron chi connectivity index (χ4n) is 3.46. The second-order valence-electron chi connectivity index (χ2n) is 7.44. The van der Waals surface area contributed by atoms with Crippen LogP contribution in [0, 0.1) is 19.8 Å². The van der Waals surface area contributed by atoms with E-state index < -0.39 is 24.4 Å². The average molecular weight is 423 g/mol. The van der Waals surface area contributed by atoms with Gasteiger partial charge in [0.1, 0.15) is 0 Å². The van der Waals surface area contributed by atoms with Gasteiger partial charge in [0.15, 0.2) is 6.61 Å². The standard InChI is InChI=1S/C23H25N3O5/c1-14-6-4-9-19(15(14)2)26-12-17(11-21(26)28)23(30)31-13-20(27)25-18-8-5-7-16(10-18)22(29)24-3/h4-10,17H,11-13H2,1-3H3,(H,24,29)(H,25,27)/t17-/m1/s1. The minimum absolute atomic E-state index is 0.0437. The third-order valence-electron chi connectivity index (χ3n) is 5.31. The maximum absolute atomic E-state index is 12.5. The Balaban J connectivity index is 1.55. The van der Waals surface area contributed by atoms with Crippen molar-refractivity contribution in [2.45, 2.75) is 20.3 Å². The molecule has 0 spiro atoms. The van der Waals surface area contributed by atoms with E-state index in [-0.39, 0.29) is 24.8 Å². The molecule has 1 atom stereocenters. The number of rotatable bonds is 6. The lowest BCUT2D eigenvalue weighted by atomic mass is 10.1. The molecule has 0 saturated carbocycles. The van der Waals surface area contributed by atoms with E-state index in [9.17, 15) is 19.2 Å². The number of amides is 3. The highest BCUT2D eigenvalue weighted by atomic mass is 16.5. The summed E-state index contributed by atoms with van der Waals surface area (Å²) in [6, 6.07) is 12.1. The van der Waals surface area contributed by atoms with Gasteiger partial charge < -0.3 is 20.3 Å². The van der Waals surface area contributed by atoms with Crippen LogP contribution in [-0.2, 0) is 19.1 Å². The number of aryl methyl sites for hydroxylation is 1. The highest BCUT2D eigenvalue weighted by molar-refractivity contribution is 6.01. The maximum atomic E-state index is 12.5. The highest BCUT2D eigenvalue weighted by Crippen LogP contribution is 2.29. The summed E-state index contributed by atoms with van der Waals surface area (Å²) in [4.78, 5) is 50.3. The number of carbonyl (C=O) groups is 4. The van der Waals surface area contributed by atoms with Crippen LogP contribution in [-0.4, -0.2) is 43.9 Å². The molecular formula is C23H25N3O5. The number of nitrogens with one attached hydrogen (secondary N) is 2. The van der Waals surface area contributed by atoms with Crippen molar-refractivity contribution in [2.24, 2.45) is 5.92 Å². The van der Waals surface area contributed by atoms with Crippen LogP contribution in [0.2, 0.25) is 0 Å². The van der Waals surface area contributed by atoms with E-state index in [1.165, 1.54) is 13.1 Å². The molecule has 1 saturated heterocycles. The Morgan fingerprint density at radius 3 is 2.61 bits per heavy atom. The van der Waals surface area contributed by atoms with Crippen LogP contribution in [0.3, 0.4) is 0 Å². The van der Waals surface area contributed by atoms with Crippen molar-refractivity contribution in [1.29, 1.82) is 0 Å². The largest absolute Gasteiger partial charge is 0.455 e. The molecule has 8 heteroatoms. The lowest BCUT2D eigenvalue weighted by Crippen LogP contribution is -2.28. The van der Waals surface area contributed by atoms with Crippen LogP contribution in [0.25, 0.3) is 0 Å². The average Bonchev–Trinajstić information content (AvgIpc) is 3.15. The predicted octanol–water partition coefficient (Wildman–Crippen LogP) is 2.20. The molecule has 0 bridgehead atoms. The Hall–Kier alpha value is -3.68. The van der Waals surface area contributed by atoms with Crippen LogP contribution in [0.1, 0.15) is 27.9 Å². The predicted molar refractivity (Wildman–Crippen MR) is 116 cm³/mol. The monoisotopic (exact) mass is 423 g/mol. The number of nitrogens with zero attached hydrogens (tertiary/aromatic N) is 1. The van der Waals surface area contributed by atoms with Gasteiger partial charge in [0, 0.05) is 37.0 Å². The van der Waals surface area contributed by atoms with Gasteiger partial charge in [-0.15, -0.1) is 0 Å². The van der Waals surface area contributed by atoms with Crippen LogP contribution in [0.4, 0.5) is 11.4 Å². The first-order valence-electron chi connectivity index (χ1n) is 9.95. The summed E-state index contributed by atoms with van der Waals surface area (Å²) in [5.74, 6) is -2.17. The summed E-state index contributed by atoms with van der Waals surface area (Å²) in [5.41, 5.74) is 3.65. The number of benzene rings is 2. The molecule has 0 unspecified atom stereocenters. The van der Waals surface area contributed by atoms with Gasteiger partial charge >= 0.3 is 5.97 Å². The van der Waals surface area contributed by atoms with Crippen LogP contribution < -0.4 is 15.5 Å². The van der Waals surface area contributed by atoms with Gasteiger partial charge in [-0.05, 0) is 49.2 Å². The Bertz CT molecular complexity index is 1030. The van der Waals surface area contributed by atoms with Crippen molar-refractivity contribution >= 4 is 35.1 Å². The molecular weight excluding hydrogens is 398 g/mol. The first-order valence-corrected chi connectivity index (χ1v) is 9.95. The topological polar surface area (TPSA) is 105 Å². The molecule has 1 aliphatic heterocycles. The molecule has 1 aliphatic rings. The lowest BCUT2D eigenvalue weighted by molar-refractivity contribution is -0.151. The first-order chi connectivity index (χ1) is 14.8. The number of hydrogen-bond donors (Lipinski definition) is 2. The molecule has 2 aromatic rings. The molecule has 1 fully saturated rings. The zero-order chi connectivity index (χ0) is 22.5. The molecule has 3 rings (SSSR count). The Labute approximate surface area is 180 Å². The van der Waals surface area contributed by atoms with Gasteiger partial charge in [0.2, 0.25) is 5.91 Å². The lowest BCUT2D eigenvalue weighted by Gasteiger charge is -2.20. The molecule has 0 aliphatic carbocycles. The zero-order valence-corrected chi connectivity index (χ0v) is 17.7. The maximum Gasteiger partial charge on any atom is 0.311 e. The van der Waals surface area contributed by atoms with Crippen molar-refractivity contribution in [1.82, 2.24) is 5.32 Å². The summed E-state index contributed by atoms with van der Waals surface area (Å²) in [7, 11) is 1.52. The number of anilines is 2. The van der Waals surface area contributed by atoms with Crippen molar-refractivity contribution in [2.75, 3.05) is 30.4 Å². The van der Waals surface area contributed by atoms with Crippen molar-refractivity contribution in [3.8, 4) is 0 Å². The van der Waals surface area contributed by atoms with Crippen LogP contribution >= 0.6 is 0 Å². The number of hydrogen-bond acceptors (Lipinski definition) is 5. The van der Waals surface area contributed by atoms with E-state index in [2.05, 4.69) is 10.6 Å². The van der Waals surface area contributed by atoms with Gasteiger partial charge in [0.25, 0.3) is 11.8 Å². The SMILES string of the molecule is CNC(=O)c1cccc(NC(=O)COC(=O)[C@@H]2CC(=O)N(c3cccc(C)c3C)C2)c1. The van der Waals surface area contributed by atoms with Gasteiger partial charge in [-0.2, -0.15) is 0 Å². The number of ether oxygens (including phenoxy) is 1. The fraction of sp³-hybridized carbons (Fsp3) is 0.304. The summed E-state index contributed by atoms with van der Waals surface area (Å²) in [5, 5.41) is 5.10. The molecule has 0 radical (unpaired) electrons. The molecule has 8 nitrogen and oxygen atoms in total. The van der Waals surface area contributed by atoms with Gasteiger partial charge in [0.05, 0.1) is 5.92 Å². The molecule has 2 N–H and O–H groups in total. The van der Waals surface area contributed by atoms with Gasteiger partial charge in [-0.25, -0.2) is 0 Å². The van der Waals surface area contributed by atoms with Gasteiger partial charge in [-0.3, -0.25) is 19.2 Å². The zero-order valence-electron chi connectivity index (χ0n) is 17.7. The van der Waals surface area contributed by atoms with E-state index in [1.54, 1.807) is 23.1 Å². The molecule has 3 amide bonds. The van der Waals surface area contributed by atoms with E-state index in [4.69, 9.17) is 4.74 Å². The third-order valence-corrected chi connectivity index (χ3v) is 5.31. The van der Waals surface area contributed by atoms with E-state index in [1.807, 2.05) is 32.0 Å². The summed E-state index contributed by atoms with van der Waals surface area (Å²) in [6.45, 7) is 3.65. The normalized spacial score (nSPS) is 15.5. The van der Waals surface area contributed by atoms with Crippen LogP contribution in [0.5, 0.6) is 0 Å². The molecule has 31 heavy (non-hydrogen) atoms. The summed E-state index contributed by atoms with van der Waals surface area (Å²) in [6.07, 6.45) is 0.0437. The van der Waals surface area contributed by atoms with E-state index >= 15 is 0 Å². The Morgan fingerprint density at radius 2 is 1.87 bits per heavy atom. The fourth-order valence-corrected chi connectivity index (χ4v) is 3.46. The minimum Gasteiger partial charge on any atom is -0.455 e. The van der Waals surface area contributed by atoms with E-state index in [0.717, 1.165) is 16.8 Å². The van der Waals surface area contributed by atoms with Gasteiger partial charge in [-0.1, -0.05) is 18.2 Å². The minimum atomic E-state index is -0.628. The van der Waals surface area contributed by atoms with Crippen molar-refractivity contribution < 1.29 is 23.9 Å². The molecule has 162 valence electrons. The van der Waals surface area contributed by atoms with E-state index in [0.29, 0.717) is 11.3 Å². The second-order valence-corrected chi connectivity index (χ2v) is 7.44. The summed E-state index contributed by atoms with van der Waals surface area (Å²) >= 11 is 0. The van der Waals surface area contributed by atoms with Crippen LogP contribution in [0.15, 0.2) is 42.5 Å². The second kappa shape index (κ2) is 9.42.